The number of carbonyl (C=O) groups is 2. The molecule has 7 heteroatoms. The van der Waals surface area contributed by atoms with Crippen molar-refractivity contribution in [3.8, 4) is 11.5 Å². The van der Waals surface area contributed by atoms with E-state index < -0.39 is 12.1 Å². The monoisotopic (exact) mass is 399 g/mol. The summed E-state index contributed by atoms with van der Waals surface area (Å²) in [7, 11) is 1.59. The zero-order chi connectivity index (χ0) is 20.5. The summed E-state index contributed by atoms with van der Waals surface area (Å²) < 4.78 is 21.5. The van der Waals surface area contributed by atoms with Crippen LogP contribution in [0.2, 0.25) is 0 Å². The quantitative estimate of drug-likeness (QED) is 0.636. The lowest BCUT2D eigenvalue weighted by atomic mass is 10.1. The molecule has 0 aromatic heterocycles. The number of esters is 1. The first-order valence-corrected chi connectivity index (χ1v) is 9.55. The summed E-state index contributed by atoms with van der Waals surface area (Å²) in [6, 6.07) is 16.1. The van der Waals surface area contributed by atoms with Gasteiger partial charge >= 0.3 is 5.97 Å². The third-order valence-electron chi connectivity index (χ3n) is 4.53. The molecule has 7 nitrogen and oxygen atoms in total. The Kier molecular flexibility index (Phi) is 7.47. The van der Waals surface area contributed by atoms with Gasteiger partial charge in [0.2, 0.25) is 6.10 Å². The molecular weight excluding hydrogens is 374 g/mol. The number of carbonyl (C=O) groups excluding carboxylic acids is 2. The van der Waals surface area contributed by atoms with E-state index in [1.807, 2.05) is 18.2 Å². The topological polar surface area (TPSA) is 74.3 Å². The van der Waals surface area contributed by atoms with Crippen molar-refractivity contribution in [1.82, 2.24) is 4.90 Å². The number of hydrogen-bond donors (Lipinski definition) is 0. The molecule has 1 saturated heterocycles. The van der Waals surface area contributed by atoms with Crippen LogP contribution in [0, 0.1) is 0 Å². The van der Waals surface area contributed by atoms with Gasteiger partial charge in [0.05, 0.1) is 33.4 Å². The highest BCUT2D eigenvalue weighted by Gasteiger charge is 2.30. The normalized spacial score (nSPS) is 14.7. The molecule has 2 aromatic carbocycles. The van der Waals surface area contributed by atoms with Crippen LogP contribution in [0.4, 0.5) is 0 Å². The van der Waals surface area contributed by atoms with Crippen LogP contribution in [0.25, 0.3) is 0 Å². The average Bonchev–Trinajstić information content (AvgIpc) is 2.78. The largest absolute Gasteiger partial charge is 0.497 e. The number of nitrogens with zero attached hydrogens (tertiary/aromatic N) is 1. The van der Waals surface area contributed by atoms with Crippen molar-refractivity contribution in [3.63, 3.8) is 0 Å². The molecule has 0 N–H and O–H groups in total. The Hall–Kier alpha value is -3.06. The summed E-state index contributed by atoms with van der Waals surface area (Å²) in [6.45, 7) is 2.09. The Morgan fingerprint density at radius 3 is 2.31 bits per heavy atom. The van der Waals surface area contributed by atoms with Crippen LogP contribution in [-0.2, 0) is 19.1 Å². The summed E-state index contributed by atoms with van der Waals surface area (Å²) in [5.41, 5.74) is 0.647. The maximum atomic E-state index is 12.9. The average molecular weight is 399 g/mol. The predicted molar refractivity (Wildman–Crippen MR) is 106 cm³/mol. The van der Waals surface area contributed by atoms with E-state index in [1.54, 1.807) is 48.4 Å². The Balaban J connectivity index is 1.57. The van der Waals surface area contributed by atoms with Gasteiger partial charge in [-0.2, -0.15) is 0 Å². The number of benzene rings is 2. The van der Waals surface area contributed by atoms with E-state index in [0.29, 0.717) is 37.6 Å². The number of methoxy groups -OCH3 is 1. The van der Waals surface area contributed by atoms with Gasteiger partial charge in [-0.3, -0.25) is 9.59 Å². The lowest BCUT2D eigenvalue weighted by Gasteiger charge is -2.30. The van der Waals surface area contributed by atoms with Gasteiger partial charge in [0.25, 0.3) is 5.91 Å². The molecule has 0 aliphatic carbocycles. The van der Waals surface area contributed by atoms with Crippen molar-refractivity contribution in [2.45, 2.75) is 12.5 Å². The van der Waals surface area contributed by atoms with Crippen LogP contribution < -0.4 is 9.47 Å². The first-order chi connectivity index (χ1) is 14.2. The van der Waals surface area contributed by atoms with Crippen molar-refractivity contribution >= 4 is 11.9 Å². The van der Waals surface area contributed by atoms with Crippen LogP contribution in [0.3, 0.4) is 0 Å². The van der Waals surface area contributed by atoms with E-state index >= 15 is 0 Å². The molecule has 29 heavy (non-hydrogen) atoms. The maximum absolute atomic E-state index is 12.9. The van der Waals surface area contributed by atoms with Gasteiger partial charge in [0.1, 0.15) is 11.5 Å². The molecule has 3 rings (SSSR count). The minimum Gasteiger partial charge on any atom is -0.497 e. The summed E-state index contributed by atoms with van der Waals surface area (Å²) in [5, 5.41) is 0. The molecule has 0 spiro atoms. The van der Waals surface area contributed by atoms with E-state index in [-0.39, 0.29) is 18.9 Å². The van der Waals surface area contributed by atoms with Crippen molar-refractivity contribution in [2.75, 3.05) is 40.0 Å². The number of ether oxygens (including phenoxy) is 4. The molecule has 0 saturated carbocycles. The zero-order valence-corrected chi connectivity index (χ0v) is 16.4. The van der Waals surface area contributed by atoms with Gasteiger partial charge in [-0.15, -0.1) is 0 Å². The van der Waals surface area contributed by atoms with Crippen LogP contribution in [0.15, 0.2) is 54.6 Å². The second-order valence-electron chi connectivity index (χ2n) is 6.49. The Morgan fingerprint density at radius 1 is 1.00 bits per heavy atom. The maximum Gasteiger partial charge on any atom is 0.310 e. The summed E-state index contributed by atoms with van der Waals surface area (Å²) in [6.07, 6.45) is -0.936. The fourth-order valence-corrected chi connectivity index (χ4v) is 2.95. The van der Waals surface area contributed by atoms with Gasteiger partial charge in [-0.25, -0.2) is 0 Å². The van der Waals surface area contributed by atoms with Gasteiger partial charge in [0, 0.05) is 18.7 Å². The Morgan fingerprint density at radius 2 is 1.66 bits per heavy atom. The highest BCUT2D eigenvalue weighted by molar-refractivity contribution is 5.85. The van der Waals surface area contributed by atoms with E-state index in [2.05, 4.69) is 0 Å². The lowest BCUT2D eigenvalue weighted by molar-refractivity contribution is -0.163. The summed E-state index contributed by atoms with van der Waals surface area (Å²) >= 11 is 0. The molecule has 1 fully saturated rings. The SMILES string of the molecule is COc1ccc(OCCC(=O)O[C@H](C(=O)N2CCOCC2)c2ccccc2)cc1. The van der Waals surface area contributed by atoms with E-state index in [0.717, 1.165) is 5.75 Å². The third-order valence-corrected chi connectivity index (χ3v) is 4.53. The molecule has 1 aliphatic rings. The minimum absolute atomic E-state index is 0.0335. The fourth-order valence-electron chi connectivity index (χ4n) is 2.95. The van der Waals surface area contributed by atoms with Gasteiger partial charge < -0.3 is 23.8 Å². The second kappa shape index (κ2) is 10.5. The number of rotatable bonds is 8. The minimum atomic E-state index is -0.970. The lowest BCUT2D eigenvalue weighted by Crippen LogP contribution is -2.44. The molecule has 0 bridgehead atoms. The number of morpholine rings is 1. The molecule has 1 heterocycles. The second-order valence-corrected chi connectivity index (χ2v) is 6.49. The van der Waals surface area contributed by atoms with Crippen molar-refractivity contribution in [1.29, 1.82) is 0 Å². The Bertz CT molecular complexity index is 787. The molecule has 1 amide bonds. The van der Waals surface area contributed by atoms with Gasteiger partial charge in [-0.05, 0) is 24.3 Å². The molecule has 0 unspecified atom stereocenters. The van der Waals surface area contributed by atoms with Crippen molar-refractivity contribution in [3.05, 3.63) is 60.2 Å². The number of amides is 1. The van der Waals surface area contributed by atoms with E-state index in [9.17, 15) is 9.59 Å². The zero-order valence-electron chi connectivity index (χ0n) is 16.4. The summed E-state index contributed by atoms with van der Waals surface area (Å²) in [4.78, 5) is 27.0. The van der Waals surface area contributed by atoms with Crippen LogP contribution >= 0.6 is 0 Å². The van der Waals surface area contributed by atoms with Crippen LogP contribution in [-0.4, -0.2) is 56.8 Å². The molecule has 1 aliphatic heterocycles. The van der Waals surface area contributed by atoms with Gasteiger partial charge in [-0.1, -0.05) is 30.3 Å². The highest BCUT2D eigenvalue weighted by Crippen LogP contribution is 2.22. The standard InChI is InChI=1S/C22H25NO6/c1-26-18-7-9-19(10-8-18)28-14-11-20(24)29-21(17-5-3-2-4-6-17)22(25)23-12-15-27-16-13-23/h2-10,21H,11-16H2,1H3/t21-/m0/s1. The first-order valence-electron chi connectivity index (χ1n) is 9.55. The van der Waals surface area contributed by atoms with Crippen LogP contribution in [0.5, 0.6) is 11.5 Å². The molecule has 2 aromatic rings. The third kappa shape index (κ3) is 5.96. The van der Waals surface area contributed by atoms with Crippen molar-refractivity contribution in [2.24, 2.45) is 0 Å². The molecule has 154 valence electrons. The van der Waals surface area contributed by atoms with Gasteiger partial charge in [0.15, 0.2) is 0 Å². The molecule has 1 atom stereocenters. The smallest absolute Gasteiger partial charge is 0.310 e. The van der Waals surface area contributed by atoms with E-state index in [1.165, 1.54) is 0 Å². The van der Waals surface area contributed by atoms with Crippen LogP contribution in [0.1, 0.15) is 18.1 Å². The Labute approximate surface area is 170 Å². The number of hydrogen-bond acceptors (Lipinski definition) is 6. The molecular formula is C22H25NO6. The van der Waals surface area contributed by atoms with Crippen molar-refractivity contribution < 1.29 is 28.5 Å². The highest BCUT2D eigenvalue weighted by atomic mass is 16.6. The van der Waals surface area contributed by atoms with E-state index in [4.69, 9.17) is 18.9 Å². The first kappa shape index (κ1) is 20.7. The molecule has 0 radical (unpaired) electrons. The fraction of sp³-hybridized carbons (Fsp3) is 0.364. The predicted octanol–water partition coefficient (Wildman–Crippen LogP) is 2.61. The summed E-state index contributed by atoms with van der Waals surface area (Å²) in [5.74, 6) is 0.629.